The van der Waals surface area contributed by atoms with E-state index in [0.717, 1.165) is 63.2 Å². The molecule has 6 heteroatoms. The molecule has 2 heterocycles. The van der Waals surface area contributed by atoms with Crippen LogP contribution in [0, 0.1) is 5.92 Å². The quantitative estimate of drug-likeness (QED) is 0.721. The largest absolute Gasteiger partial charge is 0.494 e. The lowest BCUT2D eigenvalue weighted by Gasteiger charge is -2.33. The molecule has 1 aromatic carbocycles. The second kappa shape index (κ2) is 9.92. The van der Waals surface area contributed by atoms with Crippen LogP contribution < -0.4 is 4.74 Å². The Hall–Kier alpha value is -2.08. The summed E-state index contributed by atoms with van der Waals surface area (Å²) in [6, 6.07) is 7.90. The van der Waals surface area contributed by atoms with Crippen molar-refractivity contribution in [3.63, 3.8) is 0 Å². The molecular formula is C22H33N3O3. The van der Waals surface area contributed by atoms with Gasteiger partial charge in [-0.1, -0.05) is 12.1 Å². The van der Waals surface area contributed by atoms with Gasteiger partial charge in [-0.25, -0.2) is 0 Å². The topological polar surface area (TPSA) is 53.1 Å². The number of likely N-dealkylation sites (N-methyl/N-ethyl adjacent to an activating group) is 1. The van der Waals surface area contributed by atoms with Gasteiger partial charge in [-0.3, -0.25) is 14.5 Å². The van der Waals surface area contributed by atoms with E-state index in [1.54, 1.807) is 4.90 Å². The van der Waals surface area contributed by atoms with E-state index >= 15 is 0 Å². The summed E-state index contributed by atoms with van der Waals surface area (Å²) in [4.78, 5) is 31.1. The van der Waals surface area contributed by atoms with Gasteiger partial charge in [0.15, 0.2) is 0 Å². The summed E-state index contributed by atoms with van der Waals surface area (Å²) in [7, 11) is 1.85. The van der Waals surface area contributed by atoms with Gasteiger partial charge < -0.3 is 14.5 Å². The van der Waals surface area contributed by atoms with Crippen LogP contribution in [0.3, 0.4) is 0 Å². The first-order chi connectivity index (χ1) is 13.6. The van der Waals surface area contributed by atoms with E-state index in [0.29, 0.717) is 25.6 Å². The number of carbonyl (C=O) groups is 2. The van der Waals surface area contributed by atoms with Crippen LogP contribution in [0.15, 0.2) is 24.3 Å². The highest BCUT2D eigenvalue weighted by molar-refractivity contribution is 5.79. The SMILES string of the molecule is CCOc1ccc(CN(C)C(=O)CN2CCC(C(=O)N3CCCC3)CC2)cc1. The molecule has 0 atom stereocenters. The molecule has 0 bridgehead atoms. The van der Waals surface area contributed by atoms with Gasteiger partial charge in [0.25, 0.3) is 0 Å². The van der Waals surface area contributed by atoms with E-state index in [4.69, 9.17) is 4.74 Å². The van der Waals surface area contributed by atoms with Crippen LogP contribution >= 0.6 is 0 Å². The molecule has 28 heavy (non-hydrogen) atoms. The molecule has 2 saturated heterocycles. The van der Waals surface area contributed by atoms with Crippen molar-refractivity contribution < 1.29 is 14.3 Å². The molecule has 0 spiro atoms. The molecular weight excluding hydrogens is 354 g/mol. The van der Waals surface area contributed by atoms with E-state index in [2.05, 4.69) is 4.90 Å². The summed E-state index contributed by atoms with van der Waals surface area (Å²) in [6.45, 7) is 7.14. The molecule has 154 valence electrons. The van der Waals surface area contributed by atoms with Crippen molar-refractivity contribution >= 4 is 11.8 Å². The molecule has 2 aliphatic rings. The van der Waals surface area contributed by atoms with E-state index in [1.165, 1.54) is 0 Å². The first kappa shape index (κ1) is 20.6. The van der Waals surface area contributed by atoms with Gasteiger partial charge in [0.2, 0.25) is 11.8 Å². The van der Waals surface area contributed by atoms with Crippen LogP contribution in [0.4, 0.5) is 0 Å². The standard InChI is InChI=1S/C22H33N3O3/c1-3-28-20-8-6-18(7-9-20)16-23(2)21(26)17-24-14-10-19(11-15-24)22(27)25-12-4-5-13-25/h6-9,19H,3-5,10-17H2,1-2H3. The average molecular weight is 388 g/mol. The molecule has 0 saturated carbocycles. The summed E-state index contributed by atoms with van der Waals surface area (Å²) in [5, 5.41) is 0. The van der Waals surface area contributed by atoms with Crippen molar-refractivity contribution in [2.45, 2.75) is 39.2 Å². The Kier molecular flexibility index (Phi) is 7.31. The maximum Gasteiger partial charge on any atom is 0.236 e. The first-order valence-electron chi connectivity index (χ1n) is 10.5. The summed E-state index contributed by atoms with van der Waals surface area (Å²) < 4.78 is 5.46. The molecule has 0 radical (unpaired) electrons. The number of likely N-dealkylation sites (tertiary alicyclic amines) is 2. The fraction of sp³-hybridized carbons (Fsp3) is 0.636. The third-order valence-electron chi connectivity index (χ3n) is 5.79. The van der Waals surface area contributed by atoms with Crippen molar-refractivity contribution in [2.24, 2.45) is 5.92 Å². The highest BCUT2D eigenvalue weighted by atomic mass is 16.5. The van der Waals surface area contributed by atoms with Crippen molar-refractivity contribution in [1.82, 2.24) is 14.7 Å². The van der Waals surface area contributed by atoms with Crippen LogP contribution in [-0.2, 0) is 16.1 Å². The number of nitrogens with zero attached hydrogens (tertiary/aromatic N) is 3. The number of ether oxygens (including phenoxy) is 1. The molecule has 0 N–H and O–H groups in total. The third-order valence-corrected chi connectivity index (χ3v) is 5.79. The zero-order valence-electron chi connectivity index (χ0n) is 17.2. The summed E-state index contributed by atoms with van der Waals surface area (Å²) in [5.41, 5.74) is 1.09. The molecule has 0 aliphatic carbocycles. The maximum absolute atomic E-state index is 12.6. The highest BCUT2D eigenvalue weighted by Gasteiger charge is 2.30. The van der Waals surface area contributed by atoms with Gasteiger partial charge in [-0.05, 0) is 63.4 Å². The van der Waals surface area contributed by atoms with Crippen molar-refractivity contribution in [1.29, 1.82) is 0 Å². The maximum atomic E-state index is 12.6. The second-order valence-electron chi connectivity index (χ2n) is 7.91. The Morgan fingerprint density at radius 1 is 1.07 bits per heavy atom. The van der Waals surface area contributed by atoms with E-state index in [9.17, 15) is 9.59 Å². The zero-order chi connectivity index (χ0) is 19.9. The number of rotatable bonds is 7. The molecule has 1 aromatic rings. The Morgan fingerprint density at radius 2 is 1.71 bits per heavy atom. The molecule has 2 fully saturated rings. The number of amides is 2. The minimum Gasteiger partial charge on any atom is -0.494 e. The van der Waals surface area contributed by atoms with Gasteiger partial charge in [0.1, 0.15) is 5.75 Å². The first-order valence-corrected chi connectivity index (χ1v) is 10.5. The van der Waals surface area contributed by atoms with E-state index < -0.39 is 0 Å². The number of carbonyl (C=O) groups excluding carboxylic acids is 2. The van der Waals surface area contributed by atoms with Crippen LogP contribution in [0.5, 0.6) is 5.75 Å². The summed E-state index contributed by atoms with van der Waals surface area (Å²) in [6.07, 6.45) is 4.01. The highest BCUT2D eigenvalue weighted by Crippen LogP contribution is 2.22. The molecule has 0 unspecified atom stereocenters. The van der Waals surface area contributed by atoms with Crippen molar-refractivity contribution in [3.05, 3.63) is 29.8 Å². The fourth-order valence-corrected chi connectivity index (χ4v) is 4.07. The van der Waals surface area contributed by atoms with Crippen molar-refractivity contribution in [3.8, 4) is 5.75 Å². The number of hydrogen-bond acceptors (Lipinski definition) is 4. The van der Waals surface area contributed by atoms with Gasteiger partial charge in [-0.15, -0.1) is 0 Å². The molecule has 3 rings (SSSR count). The lowest BCUT2D eigenvalue weighted by atomic mass is 9.95. The predicted octanol–water partition coefficient (Wildman–Crippen LogP) is 2.38. The lowest BCUT2D eigenvalue weighted by Crippen LogP contribution is -2.45. The summed E-state index contributed by atoms with van der Waals surface area (Å²) in [5.74, 6) is 1.45. The Balaban J connectivity index is 1.41. The molecule has 0 aromatic heterocycles. The summed E-state index contributed by atoms with van der Waals surface area (Å²) >= 11 is 0. The van der Waals surface area contributed by atoms with Gasteiger partial charge in [0, 0.05) is 32.6 Å². The lowest BCUT2D eigenvalue weighted by molar-refractivity contribution is -0.136. The number of hydrogen-bond donors (Lipinski definition) is 0. The third kappa shape index (κ3) is 5.47. The van der Waals surface area contributed by atoms with Crippen LogP contribution in [-0.4, -0.2) is 72.9 Å². The average Bonchev–Trinajstić information content (AvgIpc) is 3.24. The van der Waals surface area contributed by atoms with Gasteiger partial charge >= 0.3 is 0 Å². The number of benzene rings is 1. The Morgan fingerprint density at radius 3 is 2.32 bits per heavy atom. The minimum atomic E-state index is 0.123. The Labute approximate surface area is 168 Å². The normalized spacial score (nSPS) is 18.3. The Bertz CT molecular complexity index is 647. The monoisotopic (exact) mass is 387 g/mol. The van der Waals surface area contributed by atoms with E-state index in [-0.39, 0.29) is 11.8 Å². The molecule has 2 aliphatic heterocycles. The molecule has 6 nitrogen and oxygen atoms in total. The minimum absolute atomic E-state index is 0.123. The predicted molar refractivity (Wildman–Crippen MR) is 109 cm³/mol. The smallest absolute Gasteiger partial charge is 0.236 e. The van der Waals surface area contributed by atoms with Gasteiger partial charge in [-0.2, -0.15) is 0 Å². The zero-order valence-corrected chi connectivity index (χ0v) is 17.2. The van der Waals surface area contributed by atoms with Crippen LogP contribution in [0.1, 0.15) is 38.2 Å². The van der Waals surface area contributed by atoms with Crippen molar-refractivity contribution in [2.75, 3.05) is 46.4 Å². The van der Waals surface area contributed by atoms with Gasteiger partial charge in [0.05, 0.1) is 13.2 Å². The second-order valence-corrected chi connectivity index (χ2v) is 7.91. The molecule has 2 amide bonds. The van der Waals surface area contributed by atoms with E-state index in [1.807, 2.05) is 43.1 Å². The fourth-order valence-electron chi connectivity index (χ4n) is 4.07. The van der Waals surface area contributed by atoms with Crippen LogP contribution in [0.25, 0.3) is 0 Å². The number of piperidine rings is 1. The van der Waals surface area contributed by atoms with Crippen LogP contribution in [0.2, 0.25) is 0 Å².